The van der Waals surface area contributed by atoms with E-state index in [1.165, 1.54) is 6.08 Å². The number of rotatable bonds is 3. The Morgan fingerprint density at radius 2 is 2.00 bits per heavy atom. The van der Waals surface area contributed by atoms with Gasteiger partial charge in [-0.05, 0) is 12.1 Å². The molecule has 0 fully saturated rings. The van der Waals surface area contributed by atoms with E-state index in [4.69, 9.17) is 0 Å². The van der Waals surface area contributed by atoms with Crippen molar-refractivity contribution in [3.63, 3.8) is 0 Å². The largest absolute Gasteiger partial charge is 0.323 e. The third kappa shape index (κ3) is 3.38. The van der Waals surface area contributed by atoms with Gasteiger partial charge in [0.1, 0.15) is 0 Å². The zero-order valence-electron chi connectivity index (χ0n) is 7.23. The molecule has 0 radical (unpaired) electrons. The van der Waals surface area contributed by atoms with Gasteiger partial charge in [-0.3, -0.25) is 4.79 Å². The minimum atomic E-state index is -0.147. The lowest BCUT2D eigenvalue weighted by atomic mass is 10.3. The van der Waals surface area contributed by atoms with Gasteiger partial charge in [0.05, 0.1) is 0 Å². The summed E-state index contributed by atoms with van der Waals surface area (Å²) in [7, 11) is 0. The number of benzene rings is 1. The van der Waals surface area contributed by atoms with Crippen molar-refractivity contribution in [1.82, 2.24) is 0 Å². The summed E-state index contributed by atoms with van der Waals surface area (Å²) in [6.45, 7) is 3.47. The van der Waals surface area contributed by atoms with Crippen LogP contribution in [-0.2, 0) is 4.79 Å². The topological polar surface area (TPSA) is 29.1 Å². The monoisotopic (exact) mass is 173 g/mol. The molecule has 0 aliphatic rings. The van der Waals surface area contributed by atoms with Crippen molar-refractivity contribution in [2.75, 3.05) is 5.32 Å². The van der Waals surface area contributed by atoms with Crippen molar-refractivity contribution >= 4 is 11.6 Å². The van der Waals surface area contributed by atoms with Crippen LogP contribution in [0.4, 0.5) is 5.69 Å². The maximum atomic E-state index is 11.1. The minimum absolute atomic E-state index is 0.147. The highest BCUT2D eigenvalue weighted by atomic mass is 16.1. The quantitative estimate of drug-likeness (QED) is 0.551. The average molecular weight is 173 g/mol. The molecule has 2 nitrogen and oxygen atoms in total. The van der Waals surface area contributed by atoms with Crippen molar-refractivity contribution in [2.24, 2.45) is 0 Å². The normalized spacial score (nSPS) is 9.85. The maximum absolute atomic E-state index is 11.1. The van der Waals surface area contributed by atoms with Gasteiger partial charge in [-0.25, -0.2) is 0 Å². The number of hydrogen-bond donors (Lipinski definition) is 1. The van der Waals surface area contributed by atoms with E-state index in [9.17, 15) is 4.79 Å². The van der Waals surface area contributed by atoms with Gasteiger partial charge in [-0.15, -0.1) is 0 Å². The SMILES string of the molecule is C=CC=CC(=O)Nc1ccccc1. The van der Waals surface area contributed by atoms with E-state index >= 15 is 0 Å². The van der Waals surface area contributed by atoms with Gasteiger partial charge in [0, 0.05) is 11.8 Å². The van der Waals surface area contributed by atoms with Crippen molar-refractivity contribution in [2.45, 2.75) is 0 Å². The van der Waals surface area contributed by atoms with Gasteiger partial charge in [0.15, 0.2) is 0 Å². The molecule has 0 aliphatic carbocycles. The fraction of sp³-hybridized carbons (Fsp3) is 0. The van der Waals surface area contributed by atoms with Crippen LogP contribution in [0.5, 0.6) is 0 Å². The number of nitrogens with one attached hydrogen (secondary N) is 1. The summed E-state index contributed by atoms with van der Waals surface area (Å²) in [4.78, 5) is 11.1. The van der Waals surface area contributed by atoms with Crippen LogP contribution in [0.3, 0.4) is 0 Å². The van der Waals surface area contributed by atoms with Crippen molar-refractivity contribution < 1.29 is 4.79 Å². The number of carbonyl (C=O) groups is 1. The average Bonchev–Trinajstić information content (AvgIpc) is 2.16. The highest BCUT2D eigenvalue weighted by molar-refractivity contribution is 5.99. The van der Waals surface area contributed by atoms with Gasteiger partial charge in [-0.2, -0.15) is 0 Å². The second kappa shape index (κ2) is 4.93. The Balaban J connectivity index is 2.55. The van der Waals surface area contributed by atoms with E-state index in [0.717, 1.165) is 5.69 Å². The highest BCUT2D eigenvalue weighted by Crippen LogP contribution is 2.04. The first kappa shape index (κ1) is 9.26. The van der Waals surface area contributed by atoms with Gasteiger partial charge in [0.2, 0.25) is 5.91 Å². The molecule has 0 saturated carbocycles. The second-order valence-electron chi connectivity index (χ2n) is 2.45. The van der Waals surface area contributed by atoms with E-state index in [2.05, 4.69) is 11.9 Å². The Labute approximate surface area is 77.6 Å². The molecule has 13 heavy (non-hydrogen) atoms. The molecule has 0 bridgehead atoms. The molecule has 0 atom stereocenters. The molecule has 1 aromatic carbocycles. The number of amides is 1. The van der Waals surface area contributed by atoms with E-state index in [1.54, 1.807) is 12.2 Å². The minimum Gasteiger partial charge on any atom is -0.323 e. The Hall–Kier alpha value is -1.83. The third-order valence-electron chi connectivity index (χ3n) is 1.43. The maximum Gasteiger partial charge on any atom is 0.248 e. The number of anilines is 1. The fourth-order valence-electron chi connectivity index (χ4n) is 0.861. The summed E-state index contributed by atoms with van der Waals surface area (Å²) in [5.41, 5.74) is 0.793. The zero-order chi connectivity index (χ0) is 9.52. The van der Waals surface area contributed by atoms with Crippen molar-refractivity contribution in [1.29, 1.82) is 0 Å². The smallest absolute Gasteiger partial charge is 0.248 e. The molecule has 0 aliphatic heterocycles. The second-order valence-corrected chi connectivity index (χ2v) is 2.45. The van der Waals surface area contributed by atoms with Crippen LogP contribution in [0.25, 0.3) is 0 Å². The van der Waals surface area contributed by atoms with Gasteiger partial charge in [0.25, 0.3) is 0 Å². The van der Waals surface area contributed by atoms with Crippen LogP contribution in [0.15, 0.2) is 55.1 Å². The molecule has 0 spiro atoms. The summed E-state index contributed by atoms with van der Waals surface area (Å²) >= 11 is 0. The number of allylic oxidation sites excluding steroid dienone is 2. The Morgan fingerprint density at radius 1 is 1.31 bits per heavy atom. The predicted octanol–water partition coefficient (Wildman–Crippen LogP) is 2.37. The lowest BCUT2D eigenvalue weighted by Crippen LogP contribution is -2.07. The fourth-order valence-corrected chi connectivity index (χ4v) is 0.861. The Kier molecular flexibility index (Phi) is 3.51. The molecule has 0 heterocycles. The Bertz CT molecular complexity index is 314. The van der Waals surface area contributed by atoms with Crippen LogP contribution in [0.2, 0.25) is 0 Å². The van der Waals surface area contributed by atoms with Crippen LogP contribution in [-0.4, -0.2) is 5.91 Å². The van der Waals surface area contributed by atoms with Gasteiger partial charge in [-0.1, -0.05) is 36.9 Å². The van der Waals surface area contributed by atoms with Gasteiger partial charge >= 0.3 is 0 Å². The summed E-state index contributed by atoms with van der Waals surface area (Å²) < 4.78 is 0. The summed E-state index contributed by atoms with van der Waals surface area (Å²) in [5.74, 6) is -0.147. The molecule has 66 valence electrons. The third-order valence-corrected chi connectivity index (χ3v) is 1.43. The molecule has 0 aromatic heterocycles. The van der Waals surface area contributed by atoms with Crippen molar-refractivity contribution in [3.8, 4) is 0 Å². The Morgan fingerprint density at radius 3 is 2.62 bits per heavy atom. The molecule has 1 N–H and O–H groups in total. The molecular formula is C11H11NO. The van der Waals surface area contributed by atoms with E-state index in [-0.39, 0.29) is 5.91 Å². The molecule has 1 aromatic rings. The zero-order valence-corrected chi connectivity index (χ0v) is 7.23. The molecule has 0 saturated heterocycles. The summed E-state index contributed by atoms with van der Waals surface area (Å²) in [6.07, 6.45) is 4.59. The lowest BCUT2D eigenvalue weighted by Gasteiger charge is -1.99. The van der Waals surface area contributed by atoms with Gasteiger partial charge < -0.3 is 5.32 Å². The van der Waals surface area contributed by atoms with Crippen LogP contribution in [0.1, 0.15) is 0 Å². The number of para-hydroxylation sites is 1. The highest BCUT2D eigenvalue weighted by Gasteiger charge is 1.93. The molecule has 0 unspecified atom stereocenters. The van der Waals surface area contributed by atoms with Crippen LogP contribution >= 0.6 is 0 Å². The first-order valence-electron chi connectivity index (χ1n) is 3.98. The van der Waals surface area contributed by atoms with Crippen molar-refractivity contribution in [3.05, 3.63) is 55.1 Å². The molecule has 1 rings (SSSR count). The molecular weight excluding hydrogens is 162 g/mol. The van der Waals surface area contributed by atoms with E-state index < -0.39 is 0 Å². The molecule has 2 heteroatoms. The number of carbonyl (C=O) groups excluding carboxylic acids is 1. The predicted molar refractivity (Wildman–Crippen MR) is 54.4 cm³/mol. The summed E-state index contributed by atoms with van der Waals surface area (Å²) in [6, 6.07) is 9.30. The first-order valence-corrected chi connectivity index (χ1v) is 3.98. The van der Waals surface area contributed by atoms with Crippen LogP contribution < -0.4 is 5.32 Å². The van der Waals surface area contributed by atoms with E-state index in [0.29, 0.717) is 0 Å². The lowest BCUT2D eigenvalue weighted by molar-refractivity contribution is -0.111. The standard InChI is InChI=1S/C11H11NO/c1-2-3-9-11(13)12-10-7-5-4-6-8-10/h2-9H,1H2,(H,12,13). The first-order chi connectivity index (χ1) is 6.33. The van der Waals surface area contributed by atoms with Crippen LogP contribution in [0, 0.1) is 0 Å². The van der Waals surface area contributed by atoms with E-state index in [1.807, 2.05) is 30.3 Å². The molecule has 1 amide bonds. The summed E-state index contributed by atoms with van der Waals surface area (Å²) in [5, 5.41) is 2.70. The number of hydrogen-bond acceptors (Lipinski definition) is 1.